The van der Waals surface area contributed by atoms with Gasteiger partial charge in [-0.1, -0.05) is 28.1 Å². The summed E-state index contributed by atoms with van der Waals surface area (Å²) in [7, 11) is 4.25. The van der Waals surface area contributed by atoms with Crippen molar-refractivity contribution in [1.82, 2.24) is 10.6 Å². The van der Waals surface area contributed by atoms with Crippen molar-refractivity contribution in [3.8, 4) is 11.5 Å². The van der Waals surface area contributed by atoms with Crippen molar-refractivity contribution in [2.45, 2.75) is 12.5 Å². The maximum Gasteiger partial charge on any atom is 0.307 e. The number of methoxy groups -OCH3 is 3. The Labute approximate surface area is 183 Å². The first-order valence-corrected chi connectivity index (χ1v) is 9.79. The third-order valence-corrected chi connectivity index (χ3v) is 4.73. The first-order chi connectivity index (χ1) is 14.4. The van der Waals surface area contributed by atoms with E-state index < -0.39 is 23.8 Å². The largest absolute Gasteiger partial charge is 0.493 e. The fourth-order valence-electron chi connectivity index (χ4n) is 2.71. The number of nitrogens with one attached hydrogen (secondary N) is 2. The van der Waals surface area contributed by atoms with Crippen molar-refractivity contribution >= 4 is 33.7 Å². The highest BCUT2D eigenvalue weighted by atomic mass is 79.9. The van der Waals surface area contributed by atoms with Crippen molar-refractivity contribution < 1.29 is 28.6 Å². The molecule has 0 aliphatic rings. The molecule has 1 atom stereocenters. The van der Waals surface area contributed by atoms with Gasteiger partial charge in [-0.25, -0.2) is 0 Å². The number of rotatable bonds is 9. The second kappa shape index (κ2) is 11.2. The fraction of sp³-hybridized carbons (Fsp3) is 0.286. The van der Waals surface area contributed by atoms with E-state index in [0.717, 1.165) is 10.0 Å². The number of hydrogen-bond donors (Lipinski definition) is 2. The molecule has 0 aliphatic carbocycles. The summed E-state index contributed by atoms with van der Waals surface area (Å²) < 4.78 is 15.8. The van der Waals surface area contributed by atoms with Gasteiger partial charge in [0.15, 0.2) is 11.5 Å². The van der Waals surface area contributed by atoms with E-state index in [1.54, 1.807) is 30.3 Å². The number of carbonyl (C=O) groups is 3. The van der Waals surface area contributed by atoms with Gasteiger partial charge in [-0.3, -0.25) is 14.4 Å². The van der Waals surface area contributed by atoms with E-state index >= 15 is 0 Å². The van der Waals surface area contributed by atoms with E-state index in [1.165, 1.54) is 27.4 Å². The molecule has 0 spiro atoms. The Morgan fingerprint density at radius 1 is 1.00 bits per heavy atom. The number of benzene rings is 2. The zero-order valence-electron chi connectivity index (χ0n) is 16.9. The molecule has 0 aliphatic heterocycles. The van der Waals surface area contributed by atoms with Crippen LogP contribution in [0.3, 0.4) is 0 Å². The molecule has 2 rings (SSSR count). The number of amides is 2. The quantitative estimate of drug-likeness (QED) is 0.537. The number of halogens is 1. The minimum atomic E-state index is -0.597. The Morgan fingerprint density at radius 2 is 1.73 bits per heavy atom. The van der Waals surface area contributed by atoms with Gasteiger partial charge in [0.2, 0.25) is 5.91 Å². The number of hydrogen-bond acceptors (Lipinski definition) is 6. The minimum Gasteiger partial charge on any atom is -0.493 e. The molecule has 2 N–H and O–H groups in total. The van der Waals surface area contributed by atoms with Gasteiger partial charge in [-0.2, -0.15) is 0 Å². The molecule has 0 saturated heterocycles. The lowest BCUT2D eigenvalue weighted by molar-refractivity contribution is -0.141. The molecule has 9 heteroatoms. The standard InChI is InChI=1S/C21H23BrN2O6/c1-28-17-8-7-14(10-18(17)29-2)21(27)23-12-19(25)24-16(11-20(26)30-3)13-5-4-6-15(22)9-13/h4-10,16H,11-12H2,1-3H3,(H,23,27)(H,24,25). The molecule has 1 unspecified atom stereocenters. The maximum atomic E-state index is 12.4. The molecule has 2 aromatic carbocycles. The van der Waals surface area contributed by atoms with Crippen molar-refractivity contribution in [3.05, 3.63) is 58.1 Å². The monoisotopic (exact) mass is 478 g/mol. The van der Waals surface area contributed by atoms with Crippen LogP contribution in [-0.2, 0) is 14.3 Å². The summed E-state index contributed by atoms with van der Waals surface area (Å²) >= 11 is 3.37. The molecule has 0 aromatic heterocycles. The Bertz CT molecular complexity index is 918. The average molecular weight is 479 g/mol. The Balaban J connectivity index is 2.03. The fourth-order valence-corrected chi connectivity index (χ4v) is 3.13. The molecule has 2 amide bonds. The average Bonchev–Trinajstić information content (AvgIpc) is 2.76. The van der Waals surface area contributed by atoms with E-state index in [4.69, 9.17) is 14.2 Å². The summed E-state index contributed by atoms with van der Waals surface area (Å²) in [5.41, 5.74) is 1.05. The van der Waals surface area contributed by atoms with Gasteiger partial charge in [-0.05, 0) is 35.9 Å². The number of carbonyl (C=O) groups excluding carboxylic acids is 3. The van der Waals surface area contributed by atoms with E-state index in [0.29, 0.717) is 17.1 Å². The third kappa shape index (κ3) is 6.48. The van der Waals surface area contributed by atoms with E-state index in [1.807, 2.05) is 6.07 Å². The van der Waals surface area contributed by atoms with Crippen LogP contribution in [0, 0.1) is 0 Å². The van der Waals surface area contributed by atoms with Gasteiger partial charge in [0.05, 0.1) is 40.3 Å². The van der Waals surface area contributed by atoms with E-state index in [-0.39, 0.29) is 13.0 Å². The molecule has 0 radical (unpaired) electrons. The normalized spacial score (nSPS) is 11.2. The molecular weight excluding hydrogens is 456 g/mol. The summed E-state index contributed by atoms with van der Waals surface area (Å²) in [5, 5.41) is 5.30. The van der Waals surface area contributed by atoms with Crippen LogP contribution >= 0.6 is 15.9 Å². The summed E-state index contributed by atoms with van der Waals surface area (Å²) in [6, 6.07) is 11.3. The van der Waals surface area contributed by atoms with Gasteiger partial charge in [0, 0.05) is 10.0 Å². The lowest BCUT2D eigenvalue weighted by atomic mass is 10.0. The highest BCUT2D eigenvalue weighted by Gasteiger charge is 2.20. The van der Waals surface area contributed by atoms with Crippen LogP contribution in [0.5, 0.6) is 11.5 Å². The van der Waals surface area contributed by atoms with Crippen LogP contribution in [0.2, 0.25) is 0 Å². The van der Waals surface area contributed by atoms with Crippen LogP contribution in [0.4, 0.5) is 0 Å². The summed E-state index contributed by atoms with van der Waals surface area (Å²) in [4.78, 5) is 36.5. The molecular formula is C21H23BrN2O6. The second-order valence-corrected chi connectivity index (χ2v) is 7.12. The summed E-state index contributed by atoms with van der Waals surface area (Å²) in [5.74, 6) is -0.459. The van der Waals surface area contributed by atoms with Crippen molar-refractivity contribution in [2.75, 3.05) is 27.9 Å². The van der Waals surface area contributed by atoms with Gasteiger partial charge in [0.25, 0.3) is 5.91 Å². The molecule has 8 nitrogen and oxygen atoms in total. The topological polar surface area (TPSA) is 103 Å². The van der Waals surface area contributed by atoms with Crippen molar-refractivity contribution in [2.24, 2.45) is 0 Å². The first kappa shape index (κ1) is 23.2. The minimum absolute atomic E-state index is 0.0394. The Hall–Kier alpha value is -3.07. The molecule has 0 bridgehead atoms. The number of ether oxygens (including phenoxy) is 3. The molecule has 160 valence electrons. The van der Waals surface area contributed by atoms with Crippen LogP contribution in [0.25, 0.3) is 0 Å². The zero-order valence-corrected chi connectivity index (χ0v) is 18.4. The van der Waals surface area contributed by atoms with E-state index in [9.17, 15) is 14.4 Å². The lowest BCUT2D eigenvalue weighted by Crippen LogP contribution is -2.39. The highest BCUT2D eigenvalue weighted by molar-refractivity contribution is 9.10. The van der Waals surface area contributed by atoms with Crippen LogP contribution in [0.1, 0.15) is 28.4 Å². The molecule has 30 heavy (non-hydrogen) atoms. The lowest BCUT2D eigenvalue weighted by Gasteiger charge is -2.19. The summed E-state index contributed by atoms with van der Waals surface area (Å²) in [6.07, 6.45) is -0.0394. The molecule has 0 saturated carbocycles. The smallest absolute Gasteiger partial charge is 0.307 e. The molecule has 0 fully saturated rings. The van der Waals surface area contributed by atoms with Gasteiger partial charge < -0.3 is 24.8 Å². The molecule has 0 heterocycles. The number of esters is 1. The Kier molecular flexibility index (Phi) is 8.67. The van der Waals surface area contributed by atoms with E-state index in [2.05, 4.69) is 26.6 Å². The van der Waals surface area contributed by atoms with Crippen LogP contribution < -0.4 is 20.1 Å². The van der Waals surface area contributed by atoms with Gasteiger partial charge >= 0.3 is 5.97 Å². The van der Waals surface area contributed by atoms with Gasteiger partial charge in [0.1, 0.15) is 0 Å². The first-order valence-electron chi connectivity index (χ1n) is 8.99. The predicted molar refractivity (Wildman–Crippen MR) is 114 cm³/mol. The van der Waals surface area contributed by atoms with Gasteiger partial charge in [-0.15, -0.1) is 0 Å². The second-order valence-electron chi connectivity index (χ2n) is 6.21. The highest BCUT2D eigenvalue weighted by Crippen LogP contribution is 2.27. The maximum absolute atomic E-state index is 12.4. The van der Waals surface area contributed by atoms with Crippen molar-refractivity contribution in [3.63, 3.8) is 0 Å². The van der Waals surface area contributed by atoms with Crippen LogP contribution in [0.15, 0.2) is 46.9 Å². The molecule has 2 aromatic rings. The van der Waals surface area contributed by atoms with Crippen molar-refractivity contribution in [1.29, 1.82) is 0 Å². The Morgan fingerprint density at radius 3 is 2.37 bits per heavy atom. The summed E-state index contributed by atoms with van der Waals surface area (Å²) in [6.45, 7) is -0.265. The zero-order chi connectivity index (χ0) is 22.1. The SMILES string of the molecule is COC(=O)CC(NC(=O)CNC(=O)c1ccc(OC)c(OC)c1)c1cccc(Br)c1. The van der Waals surface area contributed by atoms with Crippen LogP contribution in [-0.4, -0.2) is 45.7 Å². The predicted octanol–water partition coefficient (Wildman–Crippen LogP) is 2.62. The third-order valence-electron chi connectivity index (χ3n) is 4.24.